The summed E-state index contributed by atoms with van der Waals surface area (Å²) in [7, 11) is 0. The van der Waals surface area contributed by atoms with Crippen LogP contribution in [0.25, 0.3) is 11.1 Å². The number of nitrogens with zero attached hydrogens (tertiary/aromatic N) is 1. The minimum absolute atomic E-state index is 0.423. The van der Waals surface area contributed by atoms with E-state index in [2.05, 4.69) is 6.07 Å². The zero-order valence-electron chi connectivity index (χ0n) is 9.15. The van der Waals surface area contributed by atoms with Gasteiger partial charge >= 0.3 is 0 Å². The molecule has 0 atom stereocenters. The van der Waals surface area contributed by atoms with Crippen LogP contribution in [-0.4, -0.2) is 0 Å². The van der Waals surface area contributed by atoms with Gasteiger partial charge < -0.3 is 5.73 Å². The molecule has 0 amide bonds. The van der Waals surface area contributed by atoms with Crippen LogP contribution in [0.15, 0.2) is 42.5 Å². The third kappa shape index (κ3) is 2.47. The van der Waals surface area contributed by atoms with Crippen molar-refractivity contribution in [1.82, 2.24) is 0 Å². The lowest BCUT2D eigenvalue weighted by atomic mass is 9.98. The van der Waals surface area contributed by atoms with Gasteiger partial charge in [-0.3, -0.25) is 0 Å². The number of hydrogen-bond donors (Lipinski definition) is 1. The second kappa shape index (κ2) is 5.01. The number of halogens is 1. The molecule has 0 aliphatic heterocycles. The lowest BCUT2D eigenvalue weighted by molar-refractivity contribution is 1.07. The normalized spacial score (nSPS) is 9.94. The fourth-order valence-electron chi connectivity index (χ4n) is 1.77. The van der Waals surface area contributed by atoms with Gasteiger partial charge in [0.05, 0.1) is 11.6 Å². The second-order valence-corrected chi connectivity index (χ2v) is 4.13. The molecular weight excluding hydrogens is 232 g/mol. The summed E-state index contributed by atoms with van der Waals surface area (Å²) in [6.07, 6.45) is 0. The van der Waals surface area contributed by atoms with Crippen LogP contribution in [-0.2, 0) is 6.54 Å². The Bertz CT molecular complexity index is 585. The Balaban J connectivity index is 2.56. The van der Waals surface area contributed by atoms with Gasteiger partial charge in [0.25, 0.3) is 0 Å². The van der Waals surface area contributed by atoms with E-state index in [1.54, 1.807) is 6.07 Å². The van der Waals surface area contributed by atoms with Gasteiger partial charge in [-0.25, -0.2) is 0 Å². The molecule has 3 heteroatoms. The van der Waals surface area contributed by atoms with Gasteiger partial charge in [-0.05, 0) is 41.0 Å². The van der Waals surface area contributed by atoms with Crippen LogP contribution < -0.4 is 5.73 Å². The highest BCUT2D eigenvalue weighted by Gasteiger charge is 2.05. The van der Waals surface area contributed by atoms with E-state index in [-0.39, 0.29) is 0 Å². The Morgan fingerprint density at radius 2 is 2.00 bits per heavy atom. The first-order valence-electron chi connectivity index (χ1n) is 5.23. The fraction of sp³-hybridized carbons (Fsp3) is 0.0714. The van der Waals surface area contributed by atoms with Crippen molar-refractivity contribution in [1.29, 1.82) is 5.26 Å². The van der Waals surface area contributed by atoms with Gasteiger partial charge in [0, 0.05) is 11.6 Å². The van der Waals surface area contributed by atoms with Gasteiger partial charge in [0.15, 0.2) is 0 Å². The second-order valence-electron chi connectivity index (χ2n) is 3.70. The van der Waals surface area contributed by atoms with Gasteiger partial charge in [-0.15, -0.1) is 0 Å². The highest BCUT2D eigenvalue weighted by atomic mass is 35.5. The molecule has 0 fully saturated rings. The molecule has 2 N–H and O–H groups in total. The Morgan fingerprint density at radius 1 is 1.18 bits per heavy atom. The Hall–Kier alpha value is -1.82. The maximum absolute atomic E-state index is 8.88. The number of nitrogens with two attached hydrogens (primary N) is 1. The average Bonchev–Trinajstić information content (AvgIpc) is 2.38. The van der Waals surface area contributed by atoms with Crippen molar-refractivity contribution >= 4 is 11.6 Å². The summed E-state index contributed by atoms with van der Waals surface area (Å²) in [5.41, 5.74) is 9.33. The summed E-state index contributed by atoms with van der Waals surface area (Å²) < 4.78 is 0. The largest absolute Gasteiger partial charge is 0.326 e. The maximum atomic E-state index is 8.88. The molecule has 2 nitrogen and oxygen atoms in total. The third-order valence-electron chi connectivity index (χ3n) is 2.59. The molecule has 0 heterocycles. The number of nitriles is 1. The first-order valence-corrected chi connectivity index (χ1v) is 5.61. The summed E-state index contributed by atoms with van der Waals surface area (Å²) in [5.74, 6) is 0. The molecule has 2 rings (SSSR count). The molecule has 2 aromatic rings. The molecular formula is C14H11ClN2. The predicted molar refractivity (Wildman–Crippen MR) is 69.5 cm³/mol. The fourth-order valence-corrected chi connectivity index (χ4v) is 1.96. The molecule has 0 bridgehead atoms. The van der Waals surface area contributed by atoms with Crippen LogP contribution in [0.3, 0.4) is 0 Å². The summed E-state index contributed by atoms with van der Waals surface area (Å²) in [5, 5.41) is 9.56. The SMILES string of the molecule is N#Cc1cccc(-c2ccc(Cl)cc2CN)c1. The molecule has 0 radical (unpaired) electrons. The quantitative estimate of drug-likeness (QED) is 0.878. The molecule has 0 aliphatic rings. The van der Waals surface area contributed by atoms with Crippen LogP contribution in [0.5, 0.6) is 0 Å². The highest BCUT2D eigenvalue weighted by molar-refractivity contribution is 6.30. The molecule has 0 aliphatic carbocycles. The lowest BCUT2D eigenvalue weighted by Crippen LogP contribution is -1.99. The highest BCUT2D eigenvalue weighted by Crippen LogP contribution is 2.26. The van der Waals surface area contributed by atoms with Crippen LogP contribution in [0, 0.1) is 11.3 Å². The minimum atomic E-state index is 0.423. The number of rotatable bonds is 2. The van der Waals surface area contributed by atoms with E-state index in [0.29, 0.717) is 17.1 Å². The first-order chi connectivity index (χ1) is 8.24. The molecule has 0 saturated heterocycles. The van der Waals surface area contributed by atoms with Gasteiger partial charge in [0.1, 0.15) is 0 Å². The molecule has 0 saturated carbocycles. The van der Waals surface area contributed by atoms with E-state index in [0.717, 1.165) is 16.7 Å². The maximum Gasteiger partial charge on any atom is 0.0991 e. The van der Waals surface area contributed by atoms with E-state index in [1.165, 1.54) is 0 Å². The average molecular weight is 243 g/mol. The van der Waals surface area contributed by atoms with Crippen molar-refractivity contribution in [2.75, 3.05) is 0 Å². The van der Waals surface area contributed by atoms with E-state index >= 15 is 0 Å². The molecule has 2 aromatic carbocycles. The Kier molecular flexibility index (Phi) is 3.43. The van der Waals surface area contributed by atoms with Gasteiger partial charge in [0.2, 0.25) is 0 Å². The van der Waals surface area contributed by atoms with Crippen LogP contribution in [0.4, 0.5) is 0 Å². The van der Waals surface area contributed by atoms with E-state index in [1.807, 2.05) is 36.4 Å². The van der Waals surface area contributed by atoms with Crippen molar-refractivity contribution < 1.29 is 0 Å². The lowest BCUT2D eigenvalue weighted by Gasteiger charge is -2.08. The van der Waals surface area contributed by atoms with E-state index < -0.39 is 0 Å². The van der Waals surface area contributed by atoms with E-state index in [4.69, 9.17) is 22.6 Å². The van der Waals surface area contributed by atoms with Crippen molar-refractivity contribution in [3.8, 4) is 17.2 Å². The van der Waals surface area contributed by atoms with E-state index in [9.17, 15) is 0 Å². The van der Waals surface area contributed by atoms with Gasteiger partial charge in [-0.2, -0.15) is 5.26 Å². The van der Waals surface area contributed by atoms with Crippen LogP contribution >= 0.6 is 11.6 Å². The van der Waals surface area contributed by atoms with Crippen molar-refractivity contribution in [3.05, 3.63) is 58.6 Å². The third-order valence-corrected chi connectivity index (χ3v) is 2.82. The number of hydrogen-bond acceptors (Lipinski definition) is 2. The van der Waals surface area contributed by atoms with Crippen molar-refractivity contribution in [2.24, 2.45) is 5.73 Å². The molecule has 84 valence electrons. The summed E-state index contributed by atoms with van der Waals surface area (Å²) in [6.45, 7) is 0.423. The van der Waals surface area contributed by atoms with Crippen molar-refractivity contribution in [3.63, 3.8) is 0 Å². The molecule has 0 aromatic heterocycles. The summed E-state index contributed by atoms with van der Waals surface area (Å²) >= 11 is 5.93. The smallest absolute Gasteiger partial charge is 0.0991 e. The van der Waals surface area contributed by atoms with Gasteiger partial charge in [-0.1, -0.05) is 29.8 Å². The van der Waals surface area contributed by atoms with Crippen LogP contribution in [0.2, 0.25) is 5.02 Å². The minimum Gasteiger partial charge on any atom is -0.326 e. The molecule has 0 spiro atoms. The predicted octanol–water partition coefficient (Wildman–Crippen LogP) is 3.34. The van der Waals surface area contributed by atoms with Crippen molar-refractivity contribution in [2.45, 2.75) is 6.54 Å². The zero-order chi connectivity index (χ0) is 12.3. The Morgan fingerprint density at radius 3 is 2.71 bits per heavy atom. The van der Waals surface area contributed by atoms with Crippen LogP contribution in [0.1, 0.15) is 11.1 Å². The molecule has 0 unspecified atom stereocenters. The monoisotopic (exact) mass is 242 g/mol. The zero-order valence-corrected chi connectivity index (χ0v) is 9.91. The summed E-state index contributed by atoms with van der Waals surface area (Å²) in [6, 6.07) is 15.2. The standard InChI is InChI=1S/C14H11ClN2/c15-13-4-5-14(12(7-13)9-17)11-3-1-2-10(6-11)8-16/h1-7H,9,17H2. The first kappa shape index (κ1) is 11.7. The number of benzene rings is 2. The summed E-state index contributed by atoms with van der Waals surface area (Å²) in [4.78, 5) is 0. The molecule has 17 heavy (non-hydrogen) atoms. The Labute approximate surface area is 105 Å². The topological polar surface area (TPSA) is 49.8 Å².